The van der Waals surface area contributed by atoms with E-state index in [1.165, 1.54) is 0 Å². The summed E-state index contributed by atoms with van der Waals surface area (Å²) in [4.78, 5) is 62.3. The molecular weight excluding hydrogens is 672 g/mol. The van der Waals surface area contributed by atoms with Crippen molar-refractivity contribution in [2.45, 2.75) is 89.6 Å². The Morgan fingerprint density at radius 2 is 1.74 bits per heavy atom. The van der Waals surface area contributed by atoms with Crippen molar-refractivity contribution in [2.24, 2.45) is 17.8 Å². The summed E-state index contributed by atoms with van der Waals surface area (Å²) in [7, 11) is 0. The van der Waals surface area contributed by atoms with Gasteiger partial charge in [0.15, 0.2) is 0 Å². The van der Waals surface area contributed by atoms with Gasteiger partial charge in [-0.1, -0.05) is 62.8 Å². The van der Waals surface area contributed by atoms with E-state index in [2.05, 4.69) is 37.2 Å². The van der Waals surface area contributed by atoms with Crippen LogP contribution >= 0.6 is 0 Å². The van der Waals surface area contributed by atoms with Crippen molar-refractivity contribution in [3.05, 3.63) is 85.5 Å². The molecule has 0 radical (unpaired) electrons. The van der Waals surface area contributed by atoms with Gasteiger partial charge in [-0.2, -0.15) is 0 Å². The number of hydrogen-bond donors (Lipinski definition) is 2. The van der Waals surface area contributed by atoms with Crippen molar-refractivity contribution in [3.8, 4) is 0 Å². The van der Waals surface area contributed by atoms with Crippen molar-refractivity contribution >= 4 is 35.1 Å². The van der Waals surface area contributed by atoms with Gasteiger partial charge in [0.05, 0.1) is 36.6 Å². The normalized spacial score (nSPS) is 24.5. The third-order valence-corrected chi connectivity index (χ3v) is 11.5. The van der Waals surface area contributed by atoms with Crippen LogP contribution in [0.3, 0.4) is 0 Å². The van der Waals surface area contributed by atoms with Crippen LogP contribution < -0.4 is 15.1 Å². The number of hydrogen-bond acceptors (Lipinski definition) is 8. The fourth-order valence-electron chi connectivity index (χ4n) is 8.52. The summed E-state index contributed by atoms with van der Waals surface area (Å²) in [5.74, 6) is -3.50. The molecule has 2 bridgehead atoms. The van der Waals surface area contributed by atoms with Crippen LogP contribution in [0.25, 0.3) is 0 Å². The molecule has 11 nitrogen and oxygen atoms in total. The second-order valence-electron chi connectivity index (χ2n) is 14.3. The zero-order valence-electron chi connectivity index (χ0n) is 31.6. The van der Waals surface area contributed by atoms with Crippen molar-refractivity contribution in [1.82, 2.24) is 10.2 Å². The molecule has 3 amide bonds. The summed E-state index contributed by atoms with van der Waals surface area (Å²) in [6.07, 6.45) is 4.91. The van der Waals surface area contributed by atoms with E-state index in [0.29, 0.717) is 31.4 Å². The minimum atomic E-state index is -1.28. The van der Waals surface area contributed by atoms with Crippen LogP contribution in [0.1, 0.15) is 71.4 Å². The molecule has 53 heavy (non-hydrogen) atoms. The van der Waals surface area contributed by atoms with Gasteiger partial charge in [-0.15, -0.1) is 13.2 Å². The van der Waals surface area contributed by atoms with Crippen LogP contribution in [0.5, 0.6) is 0 Å². The lowest BCUT2D eigenvalue weighted by Crippen LogP contribution is -2.60. The number of fused-ring (bicyclic) bond motifs is 1. The second-order valence-corrected chi connectivity index (χ2v) is 14.3. The van der Waals surface area contributed by atoms with Gasteiger partial charge >= 0.3 is 5.97 Å². The van der Waals surface area contributed by atoms with Crippen LogP contribution in [0.4, 0.5) is 11.4 Å². The summed E-state index contributed by atoms with van der Waals surface area (Å²) in [6, 6.07) is 14.6. The molecule has 3 fully saturated rings. The Labute approximate surface area is 314 Å². The molecule has 5 rings (SSSR count). The first-order valence-electron chi connectivity index (χ1n) is 19.1. The number of carbonyl (C=O) groups is 4. The van der Waals surface area contributed by atoms with Crippen LogP contribution in [-0.2, 0) is 28.7 Å². The standard InChI is InChI=1S/C42H56N4O7/c1-7-12-18-35(48)52-27-32(29-16-14-13-15-17-29)43-39(49)36-34-23-24-42(53-34)37(36)40(50)46(33(26-47)28(6)9-3)38(42)41(51)45(25-8-2)31-21-19-30(20-22-31)44(10-4)11-5/h7-8,13-17,19-22,28,32-34,36-38,47H,1-2,9-12,18,23-27H2,3-6H3,(H,43,49)/t28-,32-,33-,34-,36+,37+,38-,42+/m0/s1. The van der Waals surface area contributed by atoms with Crippen LogP contribution in [0, 0.1) is 17.8 Å². The highest BCUT2D eigenvalue weighted by Crippen LogP contribution is 2.59. The molecule has 3 heterocycles. The van der Waals surface area contributed by atoms with E-state index in [0.717, 1.165) is 24.3 Å². The third-order valence-electron chi connectivity index (χ3n) is 11.5. The topological polar surface area (TPSA) is 129 Å². The van der Waals surface area contributed by atoms with E-state index in [9.17, 15) is 19.5 Å². The predicted octanol–water partition coefficient (Wildman–Crippen LogP) is 5.20. The van der Waals surface area contributed by atoms with Crippen LogP contribution in [0.15, 0.2) is 79.9 Å². The summed E-state index contributed by atoms with van der Waals surface area (Å²) < 4.78 is 12.3. The number of ether oxygens (including phenoxy) is 2. The summed E-state index contributed by atoms with van der Waals surface area (Å²) >= 11 is 0. The van der Waals surface area contributed by atoms with Crippen molar-refractivity contribution in [2.75, 3.05) is 42.6 Å². The van der Waals surface area contributed by atoms with E-state index >= 15 is 4.79 Å². The number of likely N-dealkylation sites (tertiary alicyclic amines) is 1. The Morgan fingerprint density at radius 1 is 1.06 bits per heavy atom. The summed E-state index contributed by atoms with van der Waals surface area (Å²) in [6.45, 7) is 17.1. The van der Waals surface area contributed by atoms with E-state index < -0.39 is 53.5 Å². The first-order valence-corrected chi connectivity index (χ1v) is 19.1. The minimum Gasteiger partial charge on any atom is -0.463 e. The Balaban J connectivity index is 1.51. The maximum atomic E-state index is 15.1. The molecule has 3 aliphatic heterocycles. The summed E-state index contributed by atoms with van der Waals surface area (Å²) in [5, 5.41) is 13.9. The first-order chi connectivity index (χ1) is 25.6. The molecule has 286 valence electrons. The number of nitrogens with zero attached hydrogens (tertiary/aromatic N) is 3. The lowest BCUT2D eigenvalue weighted by Gasteiger charge is -2.41. The van der Waals surface area contributed by atoms with E-state index in [1.54, 1.807) is 22.0 Å². The fraction of sp³-hybridized carbons (Fsp3) is 0.524. The van der Waals surface area contributed by atoms with Gasteiger partial charge in [-0.25, -0.2) is 0 Å². The fourth-order valence-corrected chi connectivity index (χ4v) is 8.52. The smallest absolute Gasteiger partial charge is 0.306 e. The zero-order chi connectivity index (χ0) is 38.3. The van der Waals surface area contributed by atoms with E-state index in [1.807, 2.05) is 68.4 Å². The molecule has 0 unspecified atom stereocenters. The van der Waals surface area contributed by atoms with Gasteiger partial charge in [0.25, 0.3) is 5.91 Å². The van der Waals surface area contributed by atoms with Crippen molar-refractivity contribution in [1.29, 1.82) is 0 Å². The Hall–Kier alpha value is -4.48. The maximum absolute atomic E-state index is 15.1. The quantitative estimate of drug-likeness (QED) is 0.149. The molecule has 3 aliphatic rings. The molecule has 0 aromatic heterocycles. The van der Waals surface area contributed by atoms with Crippen LogP contribution in [-0.4, -0.2) is 90.3 Å². The molecule has 1 spiro atoms. The molecule has 0 aliphatic carbocycles. The number of anilines is 2. The van der Waals surface area contributed by atoms with Crippen molar-refractivity contribution in [3.63, 3.8) is 0 Å². The van der Waals surface area contributed by atoms with Gasteiger partial charge < -0.3 is 34.6 Å². The number of allylic oxidation sites excluding steroid dienone is 1. The number of aliphatic hydroxyl groups excluding tert-OH is 1. The number of amides is 3. The minimum absolute atomic E-state index is 0.0921. The second kappa shape index (κ2) is 17.6. The van der Waals surface area contributed by atoms with Gasteiger partial charge in [0.2, 0.25) is 11.8 Å². The molecule has 2 aromatic rings. The molecule has 11 heteroatoms. The van der Waals surface area contributed by atoms with E-state index in [-0.39, 0.29) is 43.9 Å². The highest BCUT2D eigenvalue weighted by atomic mass is 16.5. The number of rotatable bonds is 19. The van der Waals surface area contributed by atoms with Gasteiger partial charge in [-0.05, 0) is 68.9 Å². The average molecular weight is 729 g/mol. The number of esters is 1. The highest BCUT2D eigenvalue weighted by Gasteiger charge is 2.75. The van der Waals surface area contributed by atoms with Gasteiger partial charge in [0.1, 0.15) is 18.2 Å². The van der Waals surface area contributed by atoms with Gasteiger partial charge in [-0.3, -0.25) is 19.2 Å². The molecular formula is C42H56N4O7. The van der Waals surface area contributed by atoms with Gasteiger partial charge in [0, 0.05) is 37.4 Å². The summed E-state index contributed by atoms with van der Waals surface area (Å²) in [5.41, 5.74) is 1.15. The highest BCUT2D eigenvalue weighted by molar-refractivity contribution is 6.05. The zero-order valence-corrected chi connectivity index (χ0v) is 31.6. The molecule has 2 aromatic carbocycles. The lowest BCUT2D eigenvalue weighted by molar-refractivity contribution is -0.147. The Kier molecular flexibility index (Phi) is 13.2. The predicted molar refractivity (Wildman–Crippen MR) is 205 cm³/mol. The van der Waals surface area contributed by atoms with Crippen LogP contribution in [0.2, 0.25) is 0 Å². The molecule has 0 saturated carbocycles. The number of nitrogens with one attached hydrogen (secondary N) is 1. The lowest BCUT2D eigenvalue weighted by atomic mass is 9.70. The third kappa shape index (κ3) is 7.78. The Morgan fingerprint density at radius 3 is 2.34 bits per heavy atom. The largest absolute Gasteiger partial charge is 0.463 e. The average Bonchev–Trinajstić information content (AvgIpc) is 3.83. The molecule has 3 saturated heterocycles. The molecule has 8 atom stereocenters. The number of benzene rings is 2. The SMILES string of the molecule is C=CCCC(=O)OC[C@H](NC(=O)[C@@H]1[C@@H]2CC[C@]3(O2)[C@H](C(=O)N(CC=C)c2ccc(N(CC)CC)cc2)N([C@@H](CO)[C@@H](C)CC)C(=O)[C@@H]13)c1ccccc1. The van der Waals surface area contributed by atoms with Crippen molar-refractivity contribution < 1.29 is 33.8 Å². The first kappa shape index (κ1) is 39.7. The van der Waals surface area contributed by atoms with E-state index in [4.69, 9.17) is 9.47 Å². The monoisotopic (exact) mass is 728 g/mol. The number of carbonyl (C=O) groups excluding carboxylic acids is 4. The molecule has 2 N–H and O–H groups in total. The number of aliphatic hydroxyl groups is 1. The maximum Gasteiger partial charge on any atom is 0.306 e. The Bertz CT molecular complexity index is 1610.